The van der Waals surface area contributed by atoms with E-state index in [-0.39, 0.29) is 0 Å². The van der Waals surface area contributed by atoms with E-state index in [2.05, 4.69) is 30.7 Å². The molecule has 3 heterocycles. The van der Waals surface area contributed by atoms with Gasteiger partial charge < -0.3 is 19.9 Å². The van der Waals surface area contributed by atoms with E-state index >= 15 is 0 Å². The van der Waals surface area contributed by atoms with Crippen molar-refractivity contribution in [1.82, 2.24) is 29.7 Å². The molecular weight excluding hydrogens is 487 g/mol. The van der Waals surface area contributed by atoms with Crippen molar-refractivity contribution in [3.8, 4) is 16.9 Å². The first-order chi connectivity index (χ1) is 17.7. The Hall–Kier alpha value is -4.30. The molecule has 188 valence electrons. The lowest BCUT2D eigenvalue weighted by molar-refractivity contribution is 0.417. The Labute approximate surface area is 214 Å². The van der Waals surface area contributed by atoms with Crippen molar-refractivity contribution in [2.75, 3.05) is 31.1 Å². The predicted octanol–water partition coefficient (Wildman–Crippen LogP) is 4.87. The fourth-order valence-corrected chi connectivity index (χ4v) is 5.49. The monoisotopic (exact) mass is 514 g/mol. The quantitative estimate of drug-likeness (QED) is 0.293. The highest BCUT2D eigenvalue weighted by Crippen LogP contribution is 2.41. The number of aryl methyl sites for hydroxylation is 2. The zero-order chi connectivity index (χ0) is 26.2. The number of rotatable bonds is 7. The SMILES string of the molecule is COc1ccc(-c2cnn(C)c2)cc1Nc1ncc(C)c(Nc2ccc3nccnc3c2P(C)(C)=O)n1. The molecule has 0 spiro atoms. The minimum Gasteiger partial charge on any atom is -0.495 e. The number of hydrogen-bond acceptors (Lipinski definition) is 9. The molecular formula is C26H27N8O2P. The molecule has 0 bridgehead atoms. The van der Waals surface area contributed by atoms with Gasteiger partial charge in [-0.15, -0.1) is 0 Å². The van der Waals surface area contributed by atoms with E-state index in [1.165, 1.54) is 0 Å². The van der Waals surface area contributed by atoms with Crippen molar-refractivity contribution in [1.29, 1.82) is 0 Å². The van der Waals surface area contributed by atoms with Crippen LogP contribution in [0.25, 0.3) is 22.2 Å². The van der Waals surface area contributed by atoms with Crippen LogP contribution in [0, 0.1) is 6.92 Å². The summed E-state index contributed by atoms with van der Waals surface area (Å²) in [6, 6.07) is 9.55. The van der Waals surface area contributed by atoms with Gasteiger partial charge in [-0.2, -0.15) is 10.1 Å². The third kappa shape index (κ3) is 5.01. The number of aromatic nitrogens is 6. The fourth-order valence-electron chi connectivity index (χ4n) is 4.10. The van der Waals surface area contributed by atoms with E-state index in [4.69, 9.17) is 9.72 Å². The third-order valence-electron chi connectivity index (χ3n) is 5.86. The summed E-state index contributed by atoms with van der Waals surface area (Å²) in [6.45, 7) is 5.36. The molecule has 0 unspecified atom stereocenters. The van der Waals surface area contributed by atoms with Crippen molar-refractivity contribution in [3.05, 3.63) is 66.9 Å². The van der Waals surface area contributed by atoms with Crippen LogP contribution in [0.15, 0.2) is 61.3 Å². The molecule has 10 nitrogen and oxygen atoms in total. The lowest BCUT2D eigenvalue weighted by Gasteiger charge is -2.18. The van der Waals surface area contributed by atoms with Gasteiger partial charge in [0.1, 0.15) is 24.2 Å². The van der Waals surface area contributed by atoms with Gasteiger partial charge in [0.05, 0.1) is 35.5 Å². The Bertz CT molecular complexity index is 1660. The summed E-state index contributed by atoms with van der Waals surface area (Å²) in [6.07, 6.45) is 8.71. The minimum absolute atomic E-state index is 0.382. The maximum Gasteiger partial charge on any atom is 0.229 e. The summed E-state index contributed by atoms with van der Waals surface area (Å²) < 4.78 is 20.6. The van der Waals surface area contributed by atoms with Gasteiger partial charge in [-0.3, -0.25) is 14.6 Å². The predicted molar refractivity (Wildman–Crippen MR) is 147 cm³/mol. The van der Waals surface area contributed by atoms with E-state index in [0.29, 0.717) is 45.2 Å². The summed E-state index contributed by atoms with van der Waals surface area (Å²) in [7, 11) is 0.784. The van der Waals surface area contributed by atoms with Crippen LogP contribution in [0.4, 0.5) is 23.1 Å². The summed E-state index contributed by atoms with van der Waals surface area (Å²) in [5, 5.41) is 11.5. The van der Waals surface area contributed by atoms with E-state index < -0.39 is 7.14 Å². The highest BCUT2D eigenvalue weighted by Gasteiger charge is 2.22. The second-order valence-electron chi connectivity index (χ2n) is 9.03. The van der Waals surface area contributed by atoms with Gasteiger partial charge in [0, 0.05) is 43.0 Å². The Kier molecular flexibility index (Phi) is 6.35. The highest BCUT2D eigenvalue weighted by molar-refractivity contribution is 7.71. The molecule has 0 radical (unpaired) electrons. The second-order valence-corrected chi connectivity index (χ2v) is 12.2. The van der Waals surface area contributed by atoms with E-state index in [1.54, 1.807) is 43.7 Å². The number of nitrogens with one attached hydrogen (secondary N) is 2. The number of nitrogens with zero attached hydrogens (tertiary/aromatic N) is 6. The molecule has 0 aliphatic carbocycles. The zero-order valence-electron chi connectivity index (χ0n) is 21.2. The first-order valence-corrected chi connectivity index (χ1v) is 14.2. The first-order valence-electron chi connectivity index (χ1n) is 11.6. The molecule has 0 saturated carbocycles. The van der Waals surface area contributed by atoms with Crippen LogP contribution in [0.5, 0.6) is 5.75 Å². The molecule has 5 rings (SSSR count). The van der Waals surface area contributed by atoms with Crippen molar-refractivity contribution in [2.45, 2.75) is 6.92 Å². The number of fused-ring (bicyclic) bond motifs is 1. The maximum absolute atomic E-state index is 13.3. The molecule has 0 amide bonds. The van der Waals surface area contributed by atoms with Crippen LogP contribution >= 0.6 is 7.14 Å². The van der Waals surface area contributed by atoms with E-state index in [0.717, 1.165) is 16.7 Å². The van der Waals surface area contributed by atoms with Gasteiger partial charge >= 0.3 is 0 Å². The second kappa shape index (κ2) is 9.63. The van der Waals surface area contributed by atoms with Gasteiger partial charge in [-0.05, 0) is 50.1 Å². The number of hydrogen-bond donors (Lipinski definition) is 2. The van der Waals surface area contributed by atoms with Crippen LogP contribution in [0.1, 0.15) is 5.56 Å². The molecule has 0 atom stereocenters. The average molecular weight is 515 g/mol. The summed E-state index contributed by atoms with van der Waals surface area (Å²) in [5.41, 5.74) is 5.48. The zero-order valence-corrected chi connectivity index (χ0v) is 22.1. The Morgan fingerprint density at radius 3 is 2.49 bits per heavy atom. The van der Waals surface area contributed by atoms with Crippen LogP contribution < -0.4 is 20.7 Å². The Balaban J connectivity index is 1.51. The minimum atomic E-state index is -2.71. The molecule has 5 aromatic rings. The topological polar surface area (TPSA) is 120 Å². The van der Waals surface area contributed by atoms with Crippen LogP contribution in [0.3, 0.4) is 0 Å². The van der Waals surface area contributed by atoms with Gasteiger partial charge in [0.15, 0.2) is 0 Å². The normalized spacial score (nSPS) is 11.5. The average Bonchev–Trinajstić information content (AvgIpc) is 3.31. The van der Waals surface area contributed by atoms with Crippen molar-refractivity contribution < 1.29 is 9.30 Å². The molecule has 2 aromatic carbocycles. The molecule has 0 aliphatic heterocycles. The number of anilines is 4. The summed E-state index contributed by atoms with van der Waals surface area (Å²) in [4.78, 5) is 18.0. The standard InChI is InChI=1S/C26H27N8O2P/c1-16-13-29-26(32-21-12-17(6-9-22(21)36-3)18-14-30-34(2)15-18)33-25(16)31-20-8-7-19-23(28-11-10-27-19)24(20)37(4,5)35/h6-15H,1-5H3,(H2,29,31,32,33). The van der Waals surface area contributed by atoms with Crippen LogP contribution in [-0.2, 0) is 11.6 Å². The molecule has 0 fully saturated rings. The number of benzene rings is 2. The summed E-state index contributed by atoms with van der Waals surface area (Å²) in [5.74, 6) is 1.62. The van der Waals surface area contributed by atoms with Gasteiger partial charge in [0.2, 0.25) is 5.95 Å². The molecule has 0 saturated heterocycles. The Morgan fingerprint density at radius 2 is 1.76 bits per heavy atom. The van der Waals surface area contributed by atoms with Gasteiger partial charge in [-0.25, -0.2) is 4.98 Å². The molecule has 2 N–H and O–H groups in total. The molecule has 37 heavy (non-hydrogen) atoms. The highest BCUT2D eigenvalue weighted by atomic mass is 31.2. The number of methoxy groups -OCH3 is 1. The van der Waals surface area contributed by atoms with Crippen molar-refractivity contribution in [2.24, 2.45) is 7.05 Å². The smallest absolute Gasteiger partial charge is 0.229 e. The van der Waals surface area contributed by atoms with Gasteiger partial charge in [-0.1, -0.05) is 6.07 Å². The first kappa shape index (κ1) is 24.4. The van der Waals surface area contributed by atoms with Crippen LogP contribution in [-0.4, -0.2) is 50.2 Å². The van der Waals surface area contributed by atoms with Crippen molar-refractivity contribution in [3.63, 3.8) is 0 Å². The van der Waals surface area contributed by atoms with E-state index in [9.17, 15) is 4.57 Å². The maximum atomic E-state index is 13.3. The fraction of sp³-hybridized carbons (Fsp3) is 0.192. The van der Waals surface area contributed by atoms with Crippen LogP contribution in [0.2, 0.25) is 0 Å². The lowest BCUT2D eigenvalue weighted by atomic mass is 10.1. The third-order valence-corrected chi connectivity index (χ3v) is 7.39. The lowest BCUT2D eigenvalue weighted by Crippen LogP contribution is -2.14. The van der Waals surface area contributed by atoms with Crippen molar-refractivity contribution >= 4 is 46.6 Å². The largest absolute Gasteiger partial charge is 0.495 e. The number of ether oxygens (including phenoxy) is 1. The van der Waals surface area contributed by atoms with E-state index in [1.807, 2.05) is 56.7 Å². The molecule has 3 aromatic heterocycles. The Morgan fingerprint density at radius 1 is 0.946 bits per heavy atom. The summed E-state index contributed by atoms with van der Waals surface area (Å²) >= 11 is 0. The molecule has 0 aliphatic rings. The molecule has 11 heteroatoms. The van der Waals surface area contributed by atoms with Gasteiger partial charge in [0.25, 0.3) is 0 Å².